The average Bonchev–Trinajstić information content (AvgIpc) is 3.00. The highest BCUT2D eigenvalue weighted by Crippen LogP contribution is 2.20. The number of hydrogen-bond donors (Lipinski definition) is 3. The van der Waals surface area contributed by atoms with Crippen LogP contribution in [0.25, 0.3) is 0 Å². The molecule has 7 heteroatoms. The molecule has 1 aliphatic heterocycles. The maximum absolute atomic E-state index is 12.4. The van der Waals surface area contributed by atoms with Crippen molar-refractivity contribution in [1.29, 1.82) is 0 Å². The molecule has 0 spiro atoms. The molecule has 23 heavy (non-hydrogen) atoms. The van der Waals surface area contributed by atoms with Crippen LogP contribution in [0, 0.1) is 5.92 Å². The van der Waals surface area contributed by atoms with Crippen LogP contribution in [0.1, 0.15) is 52.4 Å². The smallest absolute Gasteiger partial charge is 0.317 e. The molecule has 134 valence electrons. The van der Waals surface area contributed by atoms with Crippen LogP contribution in [-0.4, -0.2) is 48.1 Å². The van der Waals surface area contributed by atoms with E-state index < -0.39 is 5.54 Å². The first-order valence-electron chi connectivity index (χ1n) is 8.49. The van der Waals surface area contributed by atoms with E-state index in [0.717, 1.165) is 32.2 Å². The number of urea groups is 1. The summed E-state index contributed by atoms with van der Waals surface area (Å²) in [6.07, 6.45) is 6.26. The molecule has 1 heterocycles. The maximum atomic E-state index is 12.4. The van der Waals surface area contributed by atoms with E-state index in [1.807, 2.05) is 13.8 Å². The molecular formula is C16H31ClN4O2. The molecule has 1 saturated heterocycles. The summed E-state index contributed by atoms with van der Waals surface area (Å²) in [6.45, 7) is 5.47. The number of piperidine rings is 1. The van der Waals surface area contributed by atoms with E-state index in [-0.39, 0.29) is 30.3 Å². The molecule has 1 saturated carbocycles. The van der Waals surface area contributed by atoms with Crippen molar-refractivity contribution in [3.05, 3.63) is 0 Å². The number of hydrogen-bond acceptors (Lipinski definition) is 3. The van der Waals surface area contributed by atoms with E-state index >= 15 is 0 Å². The monoisotopic (exact) mass is 346 g/mol. The minimum Gasteiger partial charge on any atom is -0.350 e. The van der Waals surface area contributed by atoms with E-state index in [2.05, 4.69) is 10.6 Å². The second-order valence-corrected chi connectivity index (χ2v) is 7.29. The lowest BCUT2D eigenvalue weighted by Gasteiger charge is -2.35. The third-order valence-electron chi connectivity index (χ3n) is 4.73. The Bertz CT molecular complexity index is 411. The van der Waals surface area contributed by atoms with Gasteiger partial charge in [-0.2, -0.15) is 0 Å². The largest absolute Gasteiger partial charge is 0.350 e. The summed E-state index contributed by atoms with van der Waals surface area (Å²) in [4.78, 5) is 26.5. The van der Waals surface area contributed by atoms with Crippen molar-refractivity contribution in [3.8, 4) is 0 Å². The van der Waals surface area contributed by atoms with Crippen molar-refractivity contribution in [2.24, 2.45) is 11.7 Å². The Hall–Kier alpha value is -1.01. The Labute approximate surface area is 145 Å². The lowest BCUT2D eigenvalue weighted by Crippen LogP contribution is -2.55. The zero-order valence-electron chi connectivity index (χ0n) is 14.3. The number of carbonyl (C=O) groups is 2. The Morgan fingerprint density at radius 2 is 1.83 bits per heavy atom. The maximum Gasteiger partial charge on any atom is 0.317 e. The topological polar surface area (TPSA) is 87.5 Å². The van der Waals surface area contributed by atoms with Gasteiger partial charge in [-0.05, 0) is 39.5 Å². The number of nitrogens with zero attached hydrogens (tertiary/aromatic N) is 1. The number of amides is 3. The van der Waals surface area contributed by atoms with Crippen molar-refractivity contribution in [3.63, 3.8) is 0 Å². The van der Waals surface area contributed by atoms with Crippen molar-refractivity contribution in [1.82, 2.24) is 15.5 Å². The average molecular weight is 347 g/mol. The normalized spacial score (nSPS) is 22.4. The summed E-state index contributed by atoms with van der Waals surface area (Å²) in [6, 6.07) is 0.306. The molecule has 0 bridgehead atoms. The quantitative estimate of drug-likeness (QED) is 0.723. The molecular weight excluding hydrogens is 316 g/mol. The van der Waals surface area contributed by atoms with Gasteiger partial charge in [0.25, 0.3) is 0 Å². The van der Waals surface area contributed by atoms with Crippen LogP contribution in [0.5, 0.6) is 0 Å². The molecule has 1 unspecified atom stereocenters. The Morgan fingerprint density at radius 1 is 1.17 bits per heavy atom. The highest BCUT2D eigenvalue weighted by atomic mass is 35.5. The van der Waals surface area contributed by atoms with Gasteiger partial charge in [-0.3, -0.25) is 4.79 Å². The van der Waals surface area contributed by atoms with Crippen LogP contribution in [0.15, 0.2) is 0 Å². The van der Waals surface area contributed by atoms with Crippen molar-refractivity contribution in [2.45, 2.75) is 64.0 Å². The van der Waals surface area contributed by atoms with Gasteiger partial charge < -0.3 is 21.3 Å². The molecule has 2 rings (SSSR count). The number of likely N-dealkylation sites (tertiary alicyclic amines) is 1. The summed E-state index contributed by atoms with van der Waals surface area (Å²) in [5.41, 5.74) is 5.26. The van der Waals surface area contributed by atoms with Gasteiger partial charge in [0.05, 0.1) is 5.92 Å². The minimum atomic E-state index is -0.397. The summed E-state index contributed by atoms with van der Waals surface area (Å²) in [7, 11) is 0. The molecule has 4 N–H and O–H groups in total. The molecule has 3 amide bonds. The van der Waals surface area contributed by atoms with Crippen molar-refractivity contribution < 1.29 is 9.59 Å². The fourth-order valence-electron chi connectivity index (χ4n) is 3.20. The third kappa shape index (κ3) is 5.84. The van der Waals surface area contributed by atoms with E-state index in [0.29, 0.717) is 19.1 Å². The fraction of sp³-hybridized carbons (Fsp3) is 0.875. The van der Waals surface area contributed by atoms with Gasteiger partial charge in [-0.1, -0.05) is 12.8 Å². The first-order chi connectivity index (χ1) is 10.4. The fourth-order valence-corrected chi connectivity index (χ4v) is 3.20. The molecule has 0 aromatic rings. The van der Waals surface area contributed by atoms with Crippen LogP contribution in [0.4, 0.5) is 4.79 Å². The van der Waals surface area contributed by atoms with Crippen LogP contribution in [0.3, 0.4) is 0 Å². The Kier molecular flexibility index (Phi) is 7.61. The first-order valence-corrected chi connectivity index (χ1v) is 8.49. The highest BCUT2D eigenvalue weighted by molar-refractivity contribution is 5.85. The number of carbonyl (C=O) groups excluding carboxylic acids is 2. The molecule has 0 aromatic carbocycles. The van der Waals surface area contributed by atoms with Crippen LogP contribution in [-0.2, 0) is 4.79 Å². The molecule has 0 aromatic heterocycles. The molecule has 6 nitrogen and oxygen atoms in total. The lowest BCUT2D eigenvalue weighted by atomic mass is 9.95. The van der Waals surface area contributed by atoms with Gasteiger partial charge in [-0.15, -0.1) is 12.4 Å². The molecule has 1 atom stereocenters. The predicted octanol–water partition coefficient (Wildman–Crippen LogP) is 1.63. The molecule has 1 aliphatic carbocycles. The van der Waals surface area contributed by atoms with Crippen molar-refractivity contribution >= 4 is 24.3 Å². The zero-order valence-corrected chi connectivity index (χ0v) is 15.1. The lowest BCUT2D eigenvalue weighted by molar-refractivity contribution is -0.127. The van der Waals surface area contributed by atoms with Crippen LogP contribution < -0.4 is 16.4 Å². The number of rotatable bonds is 4. The summed E-state index contributed by atoms with van der Waals surface area (Å²) >= 11 is 0. The van der Waals surface area contributed by atoms with Crippen LogP contribution in [0.2, 0.25) is 0 Å². The van der Waals surface area contributed by atoms with E-state index in [4.69, 9.17) is 5.73 Å². The number of halogens is 1. The van der Waals surface area contributed by atoms with E-state index in [1.165, 1.54) is 12.8 Å². The third-order valence-corrected chi connectivity index (χ3v) is 4.73. The predicted molar refractivity (Wildman–Crippen MR) is 93.6 cm³/mol. The van der Waals surface area contributed by atoms with Gasteiger partial charge in [-0.25, -0.2) is 4.79 Å². The zero-order chi connectivity index (χ0) is 16.2. The number of nitrogens with two attached hydrogens (primary N) is 1. The van der Waals surface area contributed by atoms with Crippen molar-refractivity contribution in [2.75, 3.05) is 19.6 Å². The number of nitrogens with one attached hydrogen (secondary N) is 2. The van der Waals surface area contributed by atoms with Gasteiger partial charge >= 0.3 is 6.03 Å². The second-order valence-electron chi connectivity index (χ2n) is 7.29. The van der Waals surface area contributed by atoms with E-state index in [9.17, 15) is 9.59 Å². The molecule has 0 radical (unpaired) electrons. The molecule has 2 aliphatic rings. The second kappa shape index (κ2) is 8.73. The summed E-state index contributed by atoms with van der Waals surface area (Å²) < 4.78 is 0. The summed E-state index contributed by atoms with van der Waals surface area (Å²) in [5, 5.41) is 6.09. The van der Waals surface area contributed by atoms with Gasteiger partial charge in [0, 0.05) is 31.2 Å². The standard InChI is InChI=1S/C16H30N4O2.ClH/c1-16(2,11-17)19-14(21)12-6-5-9-20(10-12)15(22)18-13-7-3-4-8-13;/h12-13H,3-11,17H2,1-2H3,(H,18,22)(H,19,21);1H. The highest BCUT2D eigenvalue weighted by Gasteiger charge is 2.31. The summed E-state index contributed by atoms with van der Waals surface area (Å²) in [5.74, 6) is -0.122. The van der Waals surface area contributed by atoms with E-state index in [1.54, 1.807) is 4.90 Å². The first kappa shape index (κ1) is 20.0. The van der Waals surface area contributed by atoms with Gasteiger partial charge in [0.2, 0.25) is 5.91 Å². The van der Waals surface area contributed by atoms with Gasteiger partial charge in [0.15, 0.2) is 0 Å². The Morgan fingerprint density at radius 3 is 2.43 bits per heavy atom. The Balaban J connectivity index is 0.00000264. The molecule has 2 fully saturated rings. The SMILES string of the molecule is CC(C)(CN)NC(=O)C1CCCN(C(=O)NC2CCCC2)C1.Cl. The minimum absolute atomic E-state index is 0. The van der Waals surface area contributed by atoms with Gasteiger partial charge in [0.1, 0.15) is 0 Å². The van der Waals surface area contributed by atoms with Crippen LogP contribution >= 0.6 is 12.4 Å².